The summed E-state index contributed by atoms with van der Waals surface area (Å²) >= 11 is 0. The predicted molar refractivity (Wildman–Crippen MR) is 151 cm³/mol. The molecule has 0 saturated heterocycles. The number of amides is 1. The Kier molecular flexibility index (Phi) is 9.09. The fraction of sp³-hybridized carbons (Fsp3) is 0.308. The third kappa shape index (κ3) is 6.93. The molecular weight excluding hydrogens is 554 g/mol. The SMILES string of the molecule is COc1cc(Nc2nc3ccccc3nc2NS(=O)(=O)c2cnn(CC(=O)N(C)C)c2)c(OCCCO)c(OC)c1. The largest absolute Gasteiger partial charge is 0.497 e. The molecule has 0 aliphatic carbocycles. The maximum atomic E-state index is 13.4. The number of nitrogens with one attached hydrogen (secondary N) is 2. The molecule has 0 spiro atoms. The Morgan fingerprint density at radius 3 is 2.41 bits per heavy atom. The number of methoxy groups -OCH3 is 2. The highest BCUT2D eigenvalue weighted by atomic mass is 32.2. The zero-order valence-electron chi connectivity index (χ0n) is 23.0. The van der Waals surface area contributed by atoms with Crippen LogP contribution >= 0.6 is 0 Å². The van der Waals surface area contributed by atoms with Crippen molar-refractivity contribution in [3.05, 3.63) is 48.8 Å². The van der Waals surface area contributed by atoms with Crippen LogP contribution < -0.4 is 24.2 Å². The number of aliphatic hydroxyl groups is 1. The fourth-order valence-corrected chi connectivity index (χ4v) is 4.61. The van der Waals surface area contributed by atoms with Gasteiger partial charge in [0.05, 0.1) is 43.7 Å². The number of rotatable bonds is 13. The van der Waals surface area contributed by atoms with Gasteiger partial charge in [-0.25, -0.2) is 18.4 Å². The molecule has 2 aromatic carbocycles. The number of aromatic nitrogens is 4. The van der Waals surface area contributed by atoms with Gasteiger partial charge < -0.3 is 29.5 Å². The number of hydrogen-bond acceptors (Lipinski definition) is 11. The van der Waals surface area contributed by atoms with Crippen LogP contribution in [0.15, 0.2) is 53.7 Å². The number of nitrogens with zero attached hydrogens (tertiary/aromatic N) is 5. The van der Waals surface area contributed by atoms with Crippen molar-refractivity contribution >= 4 is 44.3 Å². The van der Waals surface area contributed by atoms with Crippen molar-refractivity contribution in [1.29, 1.82) is 0 Å². The van der Waals surface area contributed by atoms with Gasteiger partial charge in [-0.1, -0.05) is 12.1 Å². The molecule has 3 N–H and O–H groups in total. The van der Waals surface area contributed by atoms with Crippen molar-refractivity contribution in [2.45, 2.75) is 17.9 Å². The number of ether oxygens (including phenoxy) is 3. The van der Waals surface area contributed by atoms with Gasteiger partial charge in [0.15, 0.2) is 23.1 Å². The van der Waals surface area contributed by atoms with Crippen LogP contribution in [0.4, 0.5) is 17.3 Å². The van der Waals surface area contributed by atoms with E-state index < -0.39 is 10.0 Å². The van der Waals surface area contributed by atoms with E-state index >= 15 is 0 Å². The first-order valence-corrected chi connectivity index (χ1v) is 13.9. The molecular formula is C26H31N7O7S. The third-order valence-corrected chi connectivity index (χ3v) is 7.10. The van der Waals surface area contributed by atoms with Gasteiger partial charge in [0, 0.05) is 45.5 Å². The van der Waals surface area contributed by atoms with Gasteiger partial charge in [0.2, 0.25) is 5.91 Å². The molecule has 0 bridgehead atoms. The molecule has 41 heavy (non-hydrogen) atoms. The Labute approximate surface area is 236 Å². The number of carbonyl (C=O) groups is 1. The Hall–Kier alpha value is -4.63. The zero-order valence-corrected chi connectivity index (χ0v) is 23.8. The van der Waals surface area contributed by atoms with Crippen LogP contribution in [-0.2, 0) is 21.4 Å². The van der Waals surface area contributed by atoms with E-state index in [1.54, 1.807) is 50.5 Å². The summed E-state index contributed by atoms with van der Waals surface area (Å²) in [5, 5.41) is 16.3. The fourth-order valence-electron chi connectivity index (χ4n) is 3.65. The first-order chi connectivity index (χ1) is 19.6. The molecule has 14 nitrogen and oxygen atoms in total. The standard InChI is InChI=1S/C26H31N7O7S/c1-32(2)23(35)16-33-15-18(14-27-33)41(36,37)31-26-25(28-19-8-5-6-9-20(19)29-26)30-21-12-17(38-3)13-22(39-4)24(21)40-11-7-10-34/h5-6,8-9,12-15,34H,7,10-11,16H2,1-4H3,(H,28,30)(H,29,31). The van der Waals surface area contributed by atoms with Crippen molar-refractivity contribution in [1.82, 2.24) is 24.6 Å². The van der Waals surface area contributed by atoms with E-state index in [1.807, 2.05) is 0 Å². The maximum Gasteiger partial charge on any atom is 0.266 e. The summed E-state index contributed by atoms with van der Waals surface area (Å²) in [5.41, 5.74) is 1.32. The molecule has 4 aromatic rings. The van der Waals surface area contributed by atoms with E-state index in [9.17, 15) is 18.3 Å². The topological polar surface area (TPSA) is 170 Å². The highest BCUT2D eigenvalue weighted by Gasteiger charge is 2.23. The van der Waals surface area contributed by atoms with Crippen molar-refractivity contribution in [2.24, 2.45) is 0 Å². The van der Waals surface area contributed by atoms with Crippen LogP contribution in [0.25, 0.3) is 11.0 Å². The van der Waals surface area contributed by atoms with Gasteiger partial charge in [-0.2, -0.15) is 5.10 Å². The van der Waals surface area contributed by atoms with Crippen LogP contribution in [0.5, 0.6) is 17.2 Å². The van der Waals surface area contributed by atoms with Crippen LogP contribution in [0, 0.1) is 0 Å². The molecule has 0 aliphatic heterocycles. The second-order valence-corrected chi connectivity index (χ2v) is 10.6. The molecule has 0 saturated carbocycles. The van der Waals surface area contributed by atoms with Crippen molar-refractivity contribution in [3.63, 3.8) is 0 Å². The number of para-hydroxylation sites is 2. The molecule has 15 heteroatoms. The van der Waals surface area contributed by atoms with Gasteiger partial charge in [-0.15, -0.1) is 0 Å². The maximum absolute atomic E-state index is 13.4. The minimum absolute atomic E-state index is 0.0663. The van der Waals surface area contributed by atoms with Gasteiger partial charge in [-0.3, -0.25) is 14.2 Å². The van der Waals surface area contributed by atoms with E-state index in [2.05, 4.69) is 25.1 Å². The van der Waals surface area contributed by atoms with E-state index in [0.29, 0.717) is 40.4 Å². The summed E-state index contributed by atoms with van der Waals surface area (Å²) in [6, 6.07) is 10.3. The molecule has 0 unspecified atom stereocenters. The zero-order chi connectivity index (χ0) is 29.6. The second-order valence-electron chi connectivity index (χ2n) is 8.93. The Morgan fingerprint density at radius 2 is 1.78 bits per heavy atom. The van der Waals surface area contributed by atoms with Gasteiger partial charge >= 0.3 is 0 Å². The summed E-state index contributed by atoms with van der Waals surface area (Å²) in [6.45, 7) is 0.00209. The van der Waals surface area contributed by atoms with Gasteiger partial charge in [0.1, 0.15) is 17.2 Å². The minimum Gasteiger partial charge on any atom is -0.497 e. The lowest BCUT2D eigenvalue weighted by atomic mass is 10.2. The quantitative estimate of drug-likeness (QED) is 0.197. The molecule has 0 radical (unpaired) electrons. The first kappa shape index (κ1) is 29.4. The molecule has 4 rings (SSSR count). The van der Waals surface area contributed by atoms with Crippen molar-refractivity contribution in [3.8, 4) is 17.2 Å². The van der Waals surface area contributed by atoms with E-state index in [-0.39, 0.29) is 42.2 Å². The number of benzene rings is 2. The average molecular weight is 586 g/mol. The van der Waals surface area contributed by atoms with E-state index in [1.165, 1.54) is 30.0 Å². The lowest BCUT2D eigenvalue weighted by Gasteiger charge is -2.19. The summed E-state index contributed by atoms with van der Waals surface area (Å²) in [6.07, 6.45) is 2.78. The highest BCUT2D eigenvalue weighted by Crippen LogP contribution is 2.42. The molecule has 1 amide bonds. The second kappa shape index (κ2) is 12.7. The summed E-state index contributed by atoms with van der Waals surface area (Å²) < 4.78 is 47.2. The molecule has 2 heterocycles. The monoisotopic (exact) mass is 585 g/mol. The number of fused-ring (bicyclic) bond motifs is 1. The van der Waals surface area contributed by atoms with Crippen LogP contribution in [-0.4, -0.2) is 85.6 Å². The minimum atomic E-state index is -4.19. The Morgan fingerprint density at radius 1 is 1.07 bits per heavy atom. The smallest absolute Gasteiger partial charge is 0.266 e. The van der Waals surface area contributed by atoms with Gasteiger partial charge in [-0.05, 0) is 12.1 Å². The lowest BCUT2D eigenvalue weighted by Crippen LogP contribution is -2.26. The van der Waals surface area contributed by atoms with Crippen LogP contribution in [0.2, 0.25) is 0 Å². The summed E-state index contributed by atoms with van der Waals surface area (Å²) in [7, 11) is 1.96. The number of anilines is 3. The molecule has 2 aromatic heterocycles. The summed E-state index contributed by atoms with van der Waals surface area (Å²) in [5.74, 6) is 0.823. The molecule has 0 atom stereocenters. The Balaban J connectivity index is 1.75. The van der Waals surface area contributed by atoms with Crippen molar-refractivity contribution in [2.75, 3.05) is 51.6 Å². The van der Waals surface area contributed by atoms with Crippen LogP contribution in [0.1, 0.15) is 6.42 Å². The number of hydrogen-bond donors (Lipinski definition) is 3. The first-order valence-electron chi connectivity index (χ1n) is 12.4. The normalized spacial score (nSPS) is 11.2. The van der Waals surface area contributed by atoms with E-state index in [0.717, 1.165) is 6.20 Å². The van der Waals surface area contributed by atoms with E-state index in [4.69, 9.17) is 14.2 Å². The number of likely N-dealkylation sites (N-methyl/N-ethyl adjacent to an activating group) is 1. The summed E-state index contributed by atoms with van der Waals surface area (Å²) in [4.78, 5) is 22.4. The molecule has 218 valence electrons. The highest BCUT2D eigenvalue weighted by molar-refractivity contribution is 7.92. The third-order valence-electron chi connectivity index (χ3n) is 5.80. The molecule has 0 aliphatic rings. The predicted octanol–water partition coefficient (Wildman–Crippen LogP) is 2.24. The van der Waals surface area contributed by atoms with Crippen molar-refractivity contribution < 1.29 is 32.5 Å². The molecule has 0 fully saturated rings. The number of sulfonamides is 1. The lowest BCUT2D eigenvalue weighted by molar-refractivity contribution is -0.129. The van der Waals surface area contributed by atoms with Gasteiger partial charge in [0.25, 0.3) is 10.0 Å². The number of aliphatic hydroxyl groups excluding tert-OH is 1. The number of carbonyl (C=O) groups excluding carboxylic acids is 1. The van der Waals surface area contributed by atoms with Crippen LogP contribution in [0.3, 0.4) is 0 Å². The Bertz CT molecular complexity index is 1640. The average Bonchev–Trinajstić information content (AvgIpc) is 3.43.